The molecule has 0 aromatic heterocycles. The number of aliphatic carboxylic acids is 1. The molecule has 1 atom stereocenters. The maximum absolute atomic E-state index is 12.6. The topological polar surface area (TPSA) is 86.7 Å². The lowest BCUT2D eigenvalue weighted by atomic mass is 10.1. The molecular formula is C18H15ClN2O4. The Balaban J connectivity index is 1.73. The van der Waals surface area contributed by atoms with Crippen molar-refractivity contribution in [3.63, 3.8) is 0 Å². The number of carbonyl (C=O) groups excluding carboxylic acids is 2. The van der Waals surface area contributed by atoms with E-state index in [1.165, 1.54) is 0 Å². The average molecular weight is 359 g/mol. The fourth-order valence-electron chi connectivity index (χ4n) is 2.73. The van der Waals surface area contributed by atoms with Crippen molar-refractivity contribution < 1.29 is 19.5 Å². The number of carbonyl (C=O) groups is 3. The van der Waals surface area contributed by atoms with Gasteiger partial charge in [0.2, 0.25) is 5.91 Å². The molecule has 0 spiro atoms. The molecule has 2 aromatic carbocycles. The quantitative estimate of drug-likeness (QED) is 0.802. The number of amides is 2. The summed E-state index contributed by atoms with van der Waals surface area (Å²) in [5.41, 5.74) is 1.75. The molecule has 7 heteroatoms. The van der Waals surface area contributed by atoms with Gasteiger partial charge in [0, 0.05) is 10.7 Å². The van der Waals surface area contributed by atoms with Crippen molar-refractivity contribution in [1.82, 2.24) is 0 Å². The van der Waals surface area contributed by atoms with Gasteiger partial charge < -0.3 is 10.4 Å². The predicted octanol–water partition coefficient (Wildman–Crippen LogP) is 2.71. The largest absolute Gasteiger partial charge is 0.481 e. The zero-order valence-electron chi connectivity index (χ0n) is 13.1. The summed E-state index contributed by atoms with van der Waals surface area (Å²) in [6.45, 7) is 0. The molecule has 2 aromatic rings. The molecule has 1 heterocycles. The number of carboxylic acids is 1. The molecule has 0 radical (unpaired) electrons. The molecule has 1 aliphatic rings. The number of halogens is 1. The van der Waals surface area contributed by atoms with Crippen LogP contribution in [0.5, 0.6) is 0 Å². The van der Waals surface area contributed by atoms with Crippen LogP contribution in [0.15, 0.2) is 48.5 Å². The molecule has 1 unspecified atom stereocenters. The molecular weight excluding hydrogens is 344 g/mol. The minimum atomic E-state index is -0.908. The Bertz CT molecular complexity index is 835. The molecule has 6 nitrogen and oxygen atoms in total. The summed E-state index contributed by atoms with van der Waals surface area (Å²) >= 11 is 5.93. The monoisotopic (exact) mass is 358 g/mol. The van der Waals surface area contributed by atoms with E-state index in [0.717, 1.165) is 4.90 Å². The van der Waals surface area contributed by atoms with Crippen LogP contribution in [0, 0.1) is 0 Å². The van der Waals surface area contributed by atoms with Crippen molar-refractivity contribution >= 4 is 40.8 Å². The molecule has 1 aliphatic heterocycles. The molecule has 0 aliphatic carbocycles. The molecule has 3 rings (SSSR count). The number of hydrogen-bond acceptors (Lipinski definition) is 4. The first-order chi connectivity index (χ1) is 11.9. The van der Waals surface area contributed by atoms with Crippen LogP contribution in [0.3, 0.4) is 0 Å². The van der Waals surface area contributed by atoms with Crippen LogP contribution in [-0.4, -0.2) is 28.9 Å². The van der Waals surface area contributed by atoms with E-state index < -0.39 is 12.0 Å². The van der Waals surface area contributed by atoms with Gasteiger partial charge in [-0.2, -0.15) is 0 Å². The summed E-state index contributed by atoms with van der Waals surface area (Å²) < 4.78 is 0. The molecule has 1 fully saturated rings. The zero-order chi connectivity index (χ0) is 18.0. The van der Waals surface area contributed by atoms with Gasteiger partial charge in [-0.15, -0.1) is 0 Å². The Morgan fingerprint density at radius 1 is 1.20 bits per heavy atom. The van der Waals surface area contributed by atoms with Crippen LogP contribution in [-0.2, 0) is 20.8 Å². The summed E-state index contributed by atoms with van der Waals surface area (Å²) in [6, 6.07) is 12.6. The van der Waals surface area contributed by atoms with E-state index in [-0.39, 0.29) is 24.7 Å². The van der Waals surface area contributed by atoms with E-state index in [2.05, 4.69) is 5.32 Å². The fourth-order valence-corrected chi connectivity index (χ4v) is 2.91. The second-order valence-corrected chi connectivity index (χ2v) is 6.15. The Hall–Kier alpha value is -2.86. The van der Waals surface area contributed by atoms with Crippen molar-refractivity contribution in [2.45, 2.75) is 18.9 Å². The lowest BCUT2D eigenvalue weighted by Crippen LogP contribution is -2.34. The predicted molar refractivity (Wildman–Crippen MR) is 93.8 cm³/mol. The van der Waals surface area contributed by atoms with Gasteiger partial charge in [-0.05, 0) is 35.9 Å². The Morgan fingerprint density at radius 2 is 1.92 bits per heavy atom. The van der Waals surface area contributed by atoms with Crippen LogP contribution >= 0.6 is 11.6 Å². The highest BCUT2D eigenvalue weighted by Gasteiger charge is 2.39. The maximum atomic E-state index is 12.6. The molecule has 1 saturated heterocycles. The number of hydrogen-bond donors (Lipinski definition) is 2. The van der Waals surface area contributed by atoms with Crippen LogP contribution in [0.1, 0.15) is 12.0 Å². The van der Waals surface area contributed by atoms with Crippen molar-refractivity contribution in [1.29, 1.82) is 0 Å². The standard InChI is InChI=1S/C18H15ClN2O4/c19-12-2-1-3-14(9-12)21-16(22)10-15(18(21)25)20-13-6-4-11(5-7-13)8-17(23)24/h1-7,9,15,20H,8,10H2,(H,23,24). The Labute approximate surface area is 149 Å². The summed E-state index contributed by atoms with van der Waals surface area (Å²) in [6.07, 6.45) is -0.0219. The van der Waals surface area contributed by atoms with E-state index in [0.29, 0.717) is 22.0 Å². The van der Waals surface area contributed by atoms with Gasteiger partial charge in [0.1, 0.15) is 6.04 Å². The normalized spacial score (nSPS) is 17.0. The Kier molecular flexibility index (Phi) is 4.72. The number of nitrogens with zero attached hydrogens (tertiary/aromatic N) is 1. The number of anilines is 2. The highest BCUT2D eigenvalue weighted by molar-refractivity contribution is 6.31. The number of rotatable bonds is 5. The molecule has 25 heavy (non-hydrogen) atoms. The zero-order valence-corrected chi connectivity index (χ0v) is 13.9. The van der Waals surface area contributed by atoms with Gasteiger partial charge in [0.15, 0.2) is 0 Å². The Morgan fingerprint density at radius 3 is 2.56 bits per heavy atom. The second kappa shape index (κ2) is 6.94. The van der Waals surface area contributed by atoms with Gasteiger partial charge in [-0.3, -0.25) is 14.4 Å². The number of benzene rings is 2. The van der Waals surface area contributed by atoms with E-state index in [1.54, 1.807) is 48.5 Å². The number of imide groups is 1. The van der Waals surface area contributed by atoms with Gasteiger partial charge in [-0.1, -0.05) is 29.8 Å². The molecule has 128 valence electrons. The van der Waals surface area contributed by atoms with Crippen molar-refractivity contribution in [3.8, 4) is 0 Å². The summed E-state index contributed by atoms with van der Waals surface area (Å²) in [4.78, 5) is 36.6. The first kappa shape index (κ1) is 17.0. The lowest BCUT2D eigenvalue weighted by Gasteiger charge is -2.16. The van der Waals surface area contributed by atoms with E-state index >= 15 is 0 Å². The van der Waals surface area contributed by atoms with E-state index in [9.17, 15) is 14.4 Å². The minimum absolute atomic E-state index is 0.0439. The third kappa shape index (κ3) is 3.80. The highest BCUT2D eigenvalue weighted by atomic mass is 35.5. The number of nitrogens with one attached hydrogen (secondary N) is 1. The minimum Gasteiger partial charge on any atom is -0.481 e. The molecule has 0 bridgehead atoms. The molecule has 2 N–H and O–H groups in total. The summed E-state index contributed by atoms with van der Waals surface area (Å²) in [7, 11) is 0. The SMILES string of the molecule is O=C(O)Cc1ccc(NC2CC(=O)N(c3cccc(Cl)c3)C2=O)cc1. The van der Waals surface area contributed by atoms with Crippen molar-refractivity contribution in [2.24, 2.45) is 0 Å². The van der Waals surface area contributed by atoms with Crippen LogP contribution in [0.4, 0.5) is 11.4 Å². The van der Waals surface area contributed by atoms with Crippen molar-refractivity contribution in [2.75, 3.05) is 10.2 Å². The first-order valence-corrected chi connectivity index (χ1v) is 8.01. The van der Waals surface area contributed by atoms with Gasteiger partial charge in [0.05, 0.1) is 18.5 Å². The van der Waals surface area contributed by atoms with Crippen LogP contribution < -0.4 is 10.2 Å². The van der Waals surface area contributed by atoms with Crippen LogP contribution in [0.25, 0.3) is 0 Å². The smallest absolute Gasteiger partial charge is 0.307 e. The first-order valence-electron chi connectivity index (χ1n) is 7.63. The second-order valence-electron chi connectivity index (χ2n) is 5.72. The van der Waals surface area contributed by atoms with Gasteiger partial charge in [-0.25, -0.2) is 4.90 Å². The fraction of sp³-hybridized carbons (Fsp3) is 0.167. The van der Waals surface area contributed by atoms with Crippen LogP contribution in [0.2, 0.25) is 5.02 Å². The maximum Gasteiger partial charge on any atom is 0.307 e. The average Bonchev–Trinajstić information content (AvgIpc) is 2.83. The summed E-state index contributed by atoms with van der Waals surface area (Å²) in [5, 5.41) is 12.2. The third-order valence-electron chi connectivity index (χ3n) is 3.86. The van der Waals surface area contributed by atoms with Crippen molar-refractivity contribution in [3.05, 3.63) is 59.1 Å². The van der Waals surface area contributed by atoms with Gasteiger partial charge >= 0.3 is 5.97 Å². The third-order valence-corrected chi connectivity index (χ3v) is 4.10. The van der Waals surface area contributed by atoms with E-state index in [1.807, 2.05) is 0 Å². The highest BCUT2D eigenvalue weighted by Crippen LogP contribution is 2.27. The van der Waals surface area contributed by atoms with Gasteiger partial charge in [0.25, 0.3) is 5.91 Å². The number of carboxylic acid groups (broad SMARTS) is 1. The lowest BCUT2D eigenvalue weighted by molar-refractivity contribution is -0.136. The molecule has 0 saturated carbocycles. The molecule has 2 amide bonds. The van der Waals surface area contributed by atoms with E-state index in [4.69, 9.17) is 16.7 Å². The summed E-state index contributed by atoms with van der Waals surface area (Å²) in [5.74, 6) is -1.55.